The van der Waals surface area contributed by atoms with Crippen LogP contribution in [0.1, 0.15) is 68.5 Å². The number of rotatable bonds is 13. The van der Waals surface area contributed by atoms with E-state index in [9.17, 15) is 9.59 Å². The van der Waals surface area contributed by atoms with Gasteiger partial charge in [-0.05, 0) is 42.7 Å². The summed E-state index contributed by atoms with van der Waals surface area (Å²) in [7, 11) is 0. The maximum absolute atomic E-state index is 12.3. The summed E-state index contributed by atoms with van der Waals surface area (Å²) in [6.07, 6.45) is 7.45. The summed E-state index contributed by atoms with van der Waals surface area (Å²) in [5.41, 5.74) is 2.76. The van der Waals surface area contributed by atoms with E-state index in [0.29, 0.717) is 12.8 Å². The number of nitrogens with one attached hydrogen (secondary N) is 1. The van der Waals surface area contributed by atoms with Crippen molar-refractivity contribution in [3.8, 4) is 0 Å². The van der Waals surface area contributed by atoms with Gasteiger partial charge in [-0.2, -0.15) is 0 Å². The van der Waals surface area contributed by atoms with Gasteiger partial charge in [0, 0.05) is 53.6 Å². The standard InChI is InChI=1S/C30H34N2O5S/c33-28(10-6-1-2-7-11-29(34)35)32-24-14-12-23(13-15-24)30-36-25(21-38-26-16-18-31-19-17-26)20-27(37-30)22-8-4-3-5-9-22/h3-5,8-9,12-19,25,27,30H,1-2,6-7,10-11,20-21H2,(H,32,33)(H,34,35). The highest BCUT2D eigenvalue weighted by Gasteiger charge is 2.32. The van der Waals surface area contributed by atoms with Gasteiger partial charge in [0.05, 0.1) is 12.2 Å². The van der Waals surface area contributed by atoms with E-state index in [2.05, 4.69) is 22.4 Å². The molecule has 7 nitrogen and oxygen atoms in total. The molecule has 2 aromatic carbocycles. The molecule has 2 heterocycles. The van der Waals surface area contributed by atoms with Crippen LogP contribution in [0.2, 0.25) is 0 Å². The van der Waals surface area contributed by atoms with Crippen molar-refractivity contribution in [1.29, 1.82) is 0 Å². The van der Waals surface area contributed by atoms with Crippen molar-refractivity contribution >= 4 is 29.3 Å². The number of carbonyl (C=O) groups excluding carboxylic acids is 1. The average molecular weight is 535 g/mol. The molecule has 0 bridgehead atoms. The number of pyridine rings is 1. The molecule has 3 atom stereocenters. The van der Waals surface area contributed by atoms with Gasteiger partial charge >= 0.3 is 5.97 Å². The number of nitrogens with zero attached hydrogens (tertiary/aromatic N) is 1. The first-order valence-electron chi connectivity index (χ1n) is 13.1. The average Bonchev–Trinajstić information content (AvgIpc) is 2.95. The molecule has 8 heteroatoms. The predicted octanol–water partition coefficient (Wildman–Crippen LogP) is 6.78. The molecule has 200 valence electrons. The molecule has 1 fully saturated rings. The Kier molecular flexibility index (Phi) is 10.7. The summed E-state index contributed by atoms with van der Waals surface area (Å²) in [6.45, 7) is 0. The quantitative estimate of drug-likeness (QED) is 0.184. The van der Waals surface area contributed by atoms with E-state index in [4.69, 9.17) is 14.6 Å². The number of ether oxygens (including phenoxy) is 2. The lowest BCUT2D eigenvalue weighted by Gasteiger charge is -2.36. The zero-order valence-electron chi connectivity index (χ0n) is 21.3. The number of aliphatic carboxylic acids is 1. The molecule has 0 spiro atoms. The van der Waals surface area contributed by atoms with Crippen molar-refractivity contribution in [2.24, 2.45) is 0 Å². The Hall–Kier alpha value is -3.20. The van der Waals surface area contributed by atoms with E-state index in [0.717, 1.165) is 53.1 Å². The van der Waals surface area contributed by atoms with Gasteiger partial charge < -0.3 is 19.9 Å². The molecule has 0 radical (unpaired) electrons. The van der Waals surface area contributed by atoms with Crippen molar-refractivity contribution in [1.82, 2.24) is 4.98 Å². The number of aromatic nitrogens is 1. The predicted molar refractivity (Wildman–Crippen MR) is 148 cm³/mol. The second-order valence-electron chi connectivity index (χ2n) is 9.33. The van der Waals surface area contributed by atoms with Gasteiger partial charge in [-0.1, -0.05) is 55.3 Å². The summed E-state index contributed by atoms with van der Waals surface area (Å²) < 4.78 is 12.8. The largest absolute Gasteiger partial charge is 0.481 e. The third kappa shape index (κ3) is 8.97. The zero-order valence-corrected chi connectivity index (χ0v) is 22.1. The van der Waals surface area contributed by atoms with Crippen LogP contribution in [-0.4, -0.2) is 33.8 Å². The van der Waals surface area contributed by atoms with Crippen molar-refractivity contribution in [2.45, 2.75) is 68.3 Å². The van der Waals surface area contributed by atoms with E-state index in [1.54, 1.807) is 24.2 Å². The molecular formula is C30H34N2O5S. The van der Waals surface area contributed by atoms with Gasteiger partial charge in [0.1, 0.15) is 0 Å². The topological polar surface area (TPSA) is 97.8 Å². The summed E-state index contributed by atoms with van der Waals surface area (Å²) in [5.74, 6) is -0.0128. The molecule has 4 rings (SSSR count). The maximum atomic E-state index is 12.3. The maximum Gasteiger partial charge on any atom is 0.303 e. The summed E-state index contributed by atoms with van der Waals surface area (Å²) in [5, 5.41) is 11.6. The lowest BCUT2D eigenvalue weighted by Crippen LogP contribution is -2.31. The Morgan fingerprint density at radius 1 is 0.868 bits per heavy atom. The lowest BCUT2D eigenvalue weighted by molar-refractivity contribution is -0.245. The molecule has 38 heavy (non-hydrogen) atoms. The van der Waals surface area contributed by atoms with E-state index in [1.165, 1.54) is 0 Å². The normalized spacial score (nSPS) is 19.1. The molecular weight excluding hydrogens is 500 g/mol. The molecule has 1 aromatic heterocycles. The summed E-state index contributed by atoms with van der Waals surface area (Å²) in [4.78, 5) is 28.1. The third-order valence-corrected chi connectivity index (χ3v) is 7.49. The monoisotopic (exact) mass is 534 g/mol. The van der Waals surface area contributed by atoms with Gasteiger partial charge in [0.2, 0.25) is 5.91 Å². The highest BCUT2D eigenvalue weighted by atomic mass is 32.2. The fourth-order valence-corrected chi connectivity index (χ4v) is 5.25. The van der Waals surface area contributed by atoms with E-state index in [-0.39, 0.29) is 24.5 Å². The smallest absolute Gasteiger partial charge is 0.303 e. The van der Waals surface area contributed by atoms with Crippen LogP contribution >= 0.6 is 11.8 Å². The SMILES string of the molecule is O=C(O)CCCCCCC(=O)Nc1ccc(C2OC(CSc3ccncc3)CC(c3ccccc3)O2)cc1. The van der Waals surface area contributed by atoms with Gasteiger partial charge in [-0.15, -0.1) is 11.8 Å². The van der Waals surface area contributed by atoms with Gasteiger partial charge in [-0.3, -0.25) is 14.6 Å². The van der Waals surface area contributed by atoms with Crippen molar-refractivity contribution in [3.63, 3.8) is 0 Å². The number of hydrogen-bond donors (Lipinski definition) is 2. The summed E-state index contributed by atoms with van der Waals surface area (Å²) in [6, 6.07) is 21.9. The molecule has 3 aromatic rings. The van der Waals surface area contributed by atoms with E-state index in [1.807, 2.05) is 54.6 Å². The zero-order chi connectivity index (χ0) is 26.6. The van der Waals surface area contributed by atoms with Crippen LogP contribution in [0.25, 0.3) is 0 Å². The van der Waals surface area contributed by atoms with E-state index < -0.39 is 12.3 Å². The molecule has 3 unspecified atom stereocenters. The Bertz CT molecular complexity index is 1140. The van der Waals surface area contributed by atoms with Gasteiger partial charge in [-0.25, -0.2) is 0 Å². The van der Waals surface area contributed by atoms with Crippen molar-refractivity contribution in [2.75, 3.05) is 11.1 Å². The molecule has 2 N–H and O–H groups in total. The first-order valence-corrected chi connectivity index (χ1v) is 14.1. The number of carboxylic acid groups (broad SMARTS) is 1. The Morgan fingerprint density at radius 3 is 2.29 bits per heavy atom. The first-order chi connectivity index (χ1) is 18.6. The second-order valence-corrected chi connectivity index (χ2v) is 10.4. The third-order valence-electron chi connectivity index (χ3n) is 6.35. The molecule has 1 aliphatic rings. The van der Waals surface area contributed by atoms with Crippen molar-refractivity contribution < 1.29 is 24.2 Å². The first kappa shape index (κ1) is 27.8. The Balaban J connectivity index is 1.32. The number of amides is 1. The number of hydrogen-bond acceptors (Lipinski definition) is 6. The highest BCUT2D eigenvalue weighted by Crippen LogP contribution is 2.39. The minimum Gasteiger partial charge on any atom is -0.481 e. The van der Waals surface area contributed by atoms with Gasteiger partial charge in [0.25, 0.3) is 0 Å². The minimum atomic E-state index is -0.773. The lowest BCUT2D eigenvalue weighted by atomic mass is 10.0. The fraction of sp³-hybridized carbons (Fsp3) is 0.367. The summed E-state index contributed by atoms with van der Waals surface area (Å²) >= 11 is 1.75. The fourth-order valence-electron chi connectivity index (χ4n) is 4.34. The molecule has 1 amide bonds. The van der Waals surface area contributed by atoms with Crippen LogP contribution in [0.3, 0.4) is 0 Å². The van der Waals surface area contributed by atoms with Crippen LogP contribution in [-0.2, 0) is 19.1 Å². The van der Waals surface area contributed by atoms with Crippen molar-refractivity contribution in [3.05, 3.63) is 90.3 Å². The number of benzene rings is 2. The number of unbranched alkanes of at least 4 members (excludes halogenated alkanes) is 3. The van der Waals surface area contributed by atoms with Crippen LogP contribution in [0, 0.1) is 0 Å². The molecule has 1 aliphatic heterocycles. The van der Waals surface area contributed by atoms with Crippen LogP contribution in [0.5, 0.6) is 0 Å². The Morgan fingerprint density at radius 2 is 1.58 bits per heavy atom. The number of thioether (sulfide) groups is 1. The van der Waals surface area contributed by atoms with Crippen LogP contribution in [0.15, 0.2) is 84.0 Å². The second kappa shape index (κ2) is 14.7. The molecule has 0 saturated carbocycles. The van der Waals surface area contributed by atoms with E-state index >= 15 is 0 Å². The minimum absolute atomic E-state index is 0.00648. The van der Waals surface area contributed by atoms with Gasteiger partial charge in [0.15, 0.2) is 6.29 Å². The number of carbonyl (C=O) groups is 2. The highest BCUT2D eigenvalue weighted by molar-refractivity contribution is 7.99. The molecule has 1 saturated heterocycles. The number of carboxylic acids is 1. The van der Waals surface area contributed by atoms with Crippen LogP contribution < -0.4 is 5.32 Å². The van der Waals surface area contributed by atoms with Crippen LogP contribution in [0.4, 0.5) is 5.69 Å². The Labute approximate surface area is 228 Å². The number of anilines is 1. The molecule has 0 aliphatic carbocycles.